The summed E-state index contributed by atoms with van der Waals surface area (Å²) >= 11 is 0. The molecule has 0 radical (unpaired) electrons. The highest BCUT2D eigenvalue weighted by Crippen LogP contribution is 2.28. The first-order valence-electron chi connectivity index (χ1n) is 8.62. The molecule has 0 aliphatic carbocycles. The number of carbonyl (C=O) groups excluding carboxylic acids is 1. The lowest BCUT2D eigenvalue weighted by atomic mass is 9.95. The Morgan fingerprint density at radius 3 is 2.85 bits per heavy atom. The van der Waals surface area contributed by atoms with Gasteiger partial charge in [0.05, 0.1) is 24.4 Å². The van der Waals surface area contributed by atoms with Crippen molar-refractivity contribution >= 4 is 5.91 Å². The number of ether oxygens (including phenoxy) is 1. The van der Waals surface area contributed by atoms with E-state index in [-0.39, 0.29) is 11.8 Å². The van der Waals surface area contributed by atoms with Crippen molar-refractivity contribution in [3.05, 3.63) is 66.6 Å². The Balaban J connectivity index is 1.48. The second-order valence-electron chi connectivity index (χ2n) is 6.25. The molecule has 0 unspecified atom stereocenters. The van der Waals surface area contributed by atoms with Gasteiger partial charge in [0.2, 0.25) is 5.88 Å². The van der Waals surface area contributed by atoms with Crippen LogP contribution in [0.15, 0.2) is 55.2 Å². The summed E-state index contributed by atoms with van der Waals surface area (Å²) in [5.41, 5.74) is 1.36. The molecule has 3 heterocycles. The normalized spacial score (nSPS) is 17.1. The quantitative estimate of drug-likeness (QED) is 0.783. The average Bonchev–Trinajstić information content (AvgIpc) is 3.23. The van der Waals surface area contributed by atoms with Gasteiger partial charge in [-0.15, -0.1) is 0 Å². The number of aromatic nitrogens is 4. The van der Waals surface area contributed by atoms with Crippen LogP contribution in [0.1, 0.15) is 34.9 Å². The summed E-state index contributed by atoms with van der Waals surface area (Å²) in [5, 5.41) is 0. The van der Waals surface area contributed by atoms with Crippen LogP contribution in [0.5, 0.6) is 11.6 Å². The lowest BCUT2D eigenvalue weighted by Crippen LogP contribution is -2.39. The topological polar surface area (TPSA) is 84.0 Å². The number of nitrogens with one attached hydrogen (secondary N) is 1. The summed E-state index contributed by atoms with van der Waals surface area (Å²) in [6.45, 7) is 1.35. The third-order valence-corrected chi connectivity index (χ3v) is 4.45. The molecule has 3 aromatic rings. The van der Waals surface area contributed by atoms with Gasteiger partial charge in [-0.05, 0) is 25.0 Å². The number of nitrogens with zero attached hydrogens (tertiary/aromatic N) is 4. The van der Waals surface area contributed by atoms with Crippen LogP contribution in [0, 0.1) is 0 Å². The van der Waals surface area contributed by atoms with Crippen molar-refractivity contribution in [1.29, 1.82) is 0 Å². The Labute approximate surface area is 151 Å². The van der Waals surface area contributed by atoms with Gasteiger partial charge in [-0.2, -0.15) is 0 Å². The maximum absolute atomic E-state index is 12.5. The third kappa shape index (κ3) is 3.56. The average molecular weight is 349 g/mol. The predicted molar refractivity (Wildman–Crippen MR) is 95.0 cm³/mol. The lowest BCUT2D eigenvalue weighted by Gasteiger charge is -2.32. The molecule has 1 atom stereocenters. The van der Waals surface area contributed by atoms with Crippen molar-refractivity contribution in [3.8, 4) is 11.6 Å². The van der Waals surface area contributed by atoms with Gasteiger partial charge in [0.25, 0.3) is 5.91 Å². The van der Waals surface area contributed by atoms with Gasteiger partial charge >= 0.3 is 0 Å². The SMILES string of the molecule is O=C(c1cnc[nH]1)N1CCC[C@H](c2cncc(Oc3ccccc3)n2)C1. The Bertz CT molecular complexity index is 867. The number of benzene rings is 1. The number of para-hydroxylation sites is 1. The number of carbonyl (C=O) groups is 1. The maximum Gasteiger partial charge on any atom is 0.271 e. The Hall–Kier alpha value is -3.22. The molecule has 1 aliphatic heterocycles. The van der Waals surface area contributed by atoms with Crippen molar-refractivity contribution in [2.24, 2.45) is 0 Å². The Kier molecular flexibility index (Phi) is 4.59. The molecular formula is C19H19N5O2. The van der Waals surface area contributed by atoms with Crippen LogP contribution < -0.4 is 4.74 Å². The molecule has 0 bridgehead atoms. The number of amides is 1. The zero-order valence-electron chi connectivity index (χ0n) is 14.2. The Morgan fingerprint density at radius 2 is 2.04 bits per heavy atom. The molecule has 0 saturated carbocycles. The molecule has 7 heteroatoms. The third-order valence-electron chi connectivity index (χ3n) is 4.45. The smallest absolute Gasteiger partial charge is 0.271 e. The molecule has 0 spiro atoms. The predicted octanol–water partition coefficient (Wildman–Crippen LogP) is 3.01. The molecule has 7 nitrogen and oxygen atoms in total. The summed E-state index contributed by atoms with van der Waals surface area (Å²) < 4.78 is 5.78. The van der Waals surface area contributed by atoms with E-state index in [4.69, 9.17) is 4.74 Å². The van der Waals surface area contributed by atoms with E-state index in [1.54, 1.807) is 18.6 Å². The first kappa shape index (κ1) is 16.3. The number of piperidine rings is 1. The van der Waals surface area contributed by atoms with Crippen LogP contribution >= 0.6 is 0 Å². The molecule has 1 fully saturated rings. The fraction of sp³-hybridized carbons (Fsp3) is 0.263. The van der Waals surface area contributed by atoms with Crippen molar-refractivity contribution < 1.29 is 9.53 Å². The summed E-state index contributed by atoms with van der Waals surface area (Å²) in [4.78, 5) is 30.1. The highest BCUT2D eigenvalue weighted by Gasteiger charge is 2.27. The summed E-state index contributed by atoms with van der Waals surface area (Å²) in [6, 6.07) is 9.50. The maximum atomic E-state index is 12.5. The number of imidazole rings is 1. The second kappa shape index (κ2) is 7.35. The number of rotatable bonds is 4. The molecule has 1 aromatic carbocycles. The number of aromatic amines is 1. The molecule has 4 rings (SSSR count). The molecule has 1 amide bonds. The van der Waals surface area contributed by atoms with Crippen LogP contribution in [0.4, 0.5) is 0 Å². The highest BCUT2D eigenvalue weighted by atomic mass is 16.5. The van der Waals surface area contributed by atoms with E-state index in [1.807, 2.05) is 35.2 Å². The Morgan fingerprint density at radius 1 is 1.15 bits per heavy atom. The van der Waals surface area contributed by atoms with Crippen molar-refractivity contribution in [2.75, 3.05) is 13.1 Å². The first-order chi connectivity index (χ1) is 12.8. The van der Waals surface area contributed by atoms with Gasteiger partial charge in [-0.3, -0.25) is 9.78 Å². The van der Waals surface area contributed by atoms with E-state index in [1.165, 1.54) is 6.33 Å². The van der Waals surface area contributed by atoms with Gasteiger partial charge in [-0.1, -0.05) is 18.2 Å². The van der Waals surface area contributed by atoms with Crippen molar-refractivity contribution in [3.63, 3.8) is 0 Å². The summed E-state index contributed by atoms with van der Waals surface area (Å²) in [7, 11) is 0. The zero-order valence-corrected chi connectivity index (χ0v) is 14.2. The lowest BCUT2D eigenvalue weighted by molar-refractivity contribution is 0.0700. The van der Waals surface area contributed by atoms with E-state index in [2.05, 4.69) is 19.9 Å². The minimum absolute atomic E-state index is 0.0307. The molecular weight excluding hydrogens is 330 g/mol. The van der Waals surface area contributed by atoms with E-state index in [0.29, 0.717) is 18.1 Å². The van der Waals surface area contributed by atoms with Gasteiger partial charge in [0.15, 0.2) is 0 Å². The van der Waals surface area contributed by atoms with E-state index < -0.39 is 0 Å². The summed E-state index contributed by atoms with van der Waals surface area (Å²) in [6.07, 6.45) is 8.33. The van der Waals surface area contributed by atoms with Crippen LogP contribution in [-0.4, -0.2) is 43.8 Å². The monoisotopic (exact) mass is 349 g/mol. The minimum Gasteiger partial charge on any atom is -0.437 e. The number of hydrogen-bond acceptors (Lipinski definition) is 5. The van der Waals surface area contributed by atoms with Crippen molar-refractivity contribution in [1.82, 2.24) is 24.8 Å². The number of likely N-dealkylation sites (tertiary alicyclic amines) is 1. The van der Waals surface area contributed by atoms with E-state index >= 15 is 0 Å². The highest BCUT2D eigenvalue weighted by molar-refractivity contribution is 5.92. The standard InChI is InChI=1S/C19H19N5O2/c25-19(17-10-21-13-22-17)24-8-4-5-14(12-24)16-9-20-11-18(23-16)26-15-6-2-1-3-7-15/h1-3,6-7,9-11,13-14H,4-5,8,12H2,(H,21,22)/t14-/m0/s1. The molecule has 2 aromatic heterocycles. The van der Waals surface area contributed by atoms with Crippen LogP contribution in [0.2, 0.25) is 0 Å². The van der Waals surface area contributed by atoms with Gasteiger partial charge in [-0.25, -0.2) is 9.97 Å². The number of hydrogen-bond donors (Lipinski definition) is 1. The molecule has 26 heavy (non-hydrogen) atoms. The van der Waals surface area contributed by atoms with Gasteiger partial charge < -0.3 is 14.6 Å². The molecule has 1 aliphatic rings. The van der Waals surface area contributed by atoms with Crippen molar-refractivity contribution in [2.45, 2.75) is 18.8 Å². The fourth-order valence-corrected chi connectivity index (χ4v) is 3.16. The van der Waals surface area contributed by atoms with Gasteiger partial charge in [0, 0.05) is 25.2 Å². The zero-order chi connectivity index (χ0) is 17.8. The molecule has 1 N–H and O–H groups in total. The second-order valence-corrected chi connectivity index (χ2v) is 6.25. The largest absolute Gasteiger partial charge is 0.437 e. The molecule has 1 saturated heterocycles. The van der Waals surface area contributed by atoms with E-state index in [0.717, 1.165) is 30.8 Å². The van der Waals surface area contributed by atoms with Crippen LogP contribution in [0.3, 0.4) is 0 Å². The van der Waals surface area contributed by atoms with E-state index in [9.17, 15) is 4.79 Å². The van der Waals surface area contributed by atoms with Crippen LogP contribution in [0.25, 0.3) is 0 Å². The van der Waals surface area contributed by atoms with Crippen LogP contribution in [-0.2, 0) is 0 Å². The first-order valence-corrected chi connectivity index (χ1v) is 8.62. The minimum atomic E-state index is -0.0307. The molecule has 132 valence electrons. The summed E-state index contributed by atoms with van der Waals surface area (Å²) in [5.74, 6) is 1.30. The fourth-order valence-electron chi connectivity index (χ4n) is 3.16. The van der Waals surface area contributed by atoms with Gasteiger partial charge in [0.1, 0.15) is 11.4 Å². The number of H-pyrrole nitrogens is 1.